The molecule has 0 aliphatic carbocycles. The number of aryl methyl sites for hydroxylation is 2. The summed E-state index contributed by atoms with van der Waals surface area (Å²) in [6, 6.07) is 24.3. The first-order valence-corrected chi connectivity index (χ1v) is 7.75. The highest BCUT2D eigenvalue weighted by molar-refractivity contribution is 5.82. The molecule has 0 aromatic heterocycles. The maximum absolute atomic E-state index is 9.66. The monoisotopic (exact) mass is 308 g/mol. The molecule has 0 saturated carbocycles. The quantitative estimate of drug-likeness (QED) is 0.638. The second-order valence-corrected chi connectivity index (χ2v) is 5.87. The van der Waals surface area contributed by atoms with E-state index in [1.54, 1.807) is 0 Å². The van der Waals surface area contributed by atoms with E-state index in [0.29, 0.717) is 11.1 Å². The number of nitrogens with zero attached hydrogens (tertiary/aromatic N) is 2. The Morgan fingerprint density at radius 2 is 0.875 bits per heavy atom. The molecule has 114 valence electrons. The number of hydrogen-bond acceptors (Lipinski definition) is 2. The number of hydrogen-bond donors (Lipinski definition) is 0. The summed E-state index contributed by atoms with van der Waals surface area (Å²) >= 11 is 0. The summed E-state index contributed by atoms with van der Waals surface area (Å²) in [5, 5.41) is 19.3. The van der Waals surface area contributed by atoms with Crippen molar-refractivity contribution in [1.82, 2.24) is 0 Å². The van der Waals surface area contributed by atoms with E-state index in [-0.39, 0.29) is 0 Å². The van der Waals surface area contributed by atoms with Crippen LogP contribution in [0.2, 0.25) is 0 Å². The van der Waals surface area contributed by atoms with Crippen molar-refractivity contribution in [2.45, 2.75) is 13.8 Å². The Bertz CT molecular complexity index is 884. The molecule has 0 fully saturated rings. The molecule has 2 nitrogen and oxygen atoms in total. The van der Waals surface area contributed by atoms with Crippen molar-refractivity contribution in [2.24, 2.45) is 0 Å². The van der Waals surface area contributed by atoms with Gasteiger partial charge >= 0.3 is 0 Å². The fourth-order valence-corrected chi connectivity index (χ4v) is 2.78. The van der Waals surface area contributed by atoms with Gasteiger partial charge in [-0.3, -0.25) is 0 Å². The third-order valence-electron chi connectivity index (χ3n) is 4.15. The van der Waals surface area contributed by atoms with E-state index >= 15 is 0 Å². The fraction of sp³-hybridized carbons (Fsp3) is 0.0909. The van der Waals surface area contributed by atoms with Gasteiger partial charge in [-0.2, -0.15) is 10.5 Å². The van der Waals surface area contributed by atoms with E-state index in [2.05, 4.69) is 12.1 Å². The minimum atomic E-state index is 0.430. The molecule has 0 N–H and O–H groups in total. The van der Waals surface area contributed by atoms with E-state index in [0.717, 1.165) is 33.4 Å². The van der Waals surface area contributed by atoms with Crippen LogP contribution >= 0.6 is 0 Å². The van der Waals surface area contributed by atoms with E-state index in [1.165, 1.54) is 0 Å². The van der Waals surface area contributed by atoms with Crippen molar-refractivity contribution in [2.75, 3.05) is 0 Å². The Hall–Kier alpha value is -3.36. The minimum Gasteiger partial charge on any atom is -0.192 e. The van der Waals surface area contributed by atoms with Crippen LogP contribution in [0.25, 0.3) is 22.3 Å². The third kappa shape index (κ3) is 2.78. The molecule has 0 aliphatic heterocycles. The van der Waals surface area contributed by atoms with Crippen LogP contribution < -0.4 is 0 Å². The zero-order valence-corrected chi connectivity index (χ0v) is 13.7. The van der Waals surface area contributed by atoms with Crippen molar-refractivity contribution in [1.29, 1.82) is 10.5 Å². The molecule has 2 heteroatoms. The van der Waals surface area contributed by atoms with Gasteiger partial charge < -0.3 is 0 Å². The van der Waals surface area contributed by atoms with Crippen LogP contribution in [0.15, 0.2) is 60.7 Å². The van der Waals surface area contributed by atoms with Crippen LogP contribution in [-0.2, 0) is 0 Å². The van der Waals surface area contributed by atoms with Crippen molar-refractivity contribution in [3.05, 3.63) is 82.9 Å². The first-order chi connectivity index (χ1) is 11.6. The van der Waals surface area contributed by atoms with Gasteiger partial charge in [0.25, 0.3) is 0 Å². The van der Waals surface area contributed by atoms with Crippen molar-refractivity contribution in [3.8, 4) is 34.4 Å². The molecule has 3 aromatic rings. The first kappa shape index (κ1) is 15.5. The SMILES string of the molecule is Cc1ccc(-c2ccc(-c3ccc(C)cc3)c(C#N)c2C#N)cc1. The fourth-order valence-electron chi connectivity index (χ4n) is 2.78. The first-order valence-electron chi connectivity index (χ1n) is 7.75. The van der Waals surface area contributed by atoms with Gasteiger partial charge in [-0.1, -0.05) is 71.8 Å². The van der Waals surface area contributed by atoms with Gasteiger partial charge in [0, 0.05) is 11.1 Å². The largest absolute Gasteiger partial charge is 0.192 e. The van der Waals surface area contributed by atoms with Gasteiger partial charge in [-0.05, 0) is 25.0 Å². The van der Waals surface area contributed by atoms with Crippen LogP contribution in [-0.4, -0.2) is 0 Å². The molecule has 0 heterocycles. The normalized spacial score (nSPS) is 10.0. The van der Waals surface area contributed by atoms with Crippen LogP contribution in [0, 0.1) is 36.5 Å². The molecule has 0 amide bonds. The number of rotatable bonds is 2. The van der Waals surface area contributed by atoms with Crippen molar-refractivity contribution >= 4 is 0 Å². The Balaban J connectivity index is 2.22. The highest BCUT2D eigenvalue weighted by Gasteiger charge is 2.15. The third-order valence-corrected chi connectivity index (χ3v) is 4.15. The lowest BCUT2D eigenvalue weighted by Gasteiger charge is -2.11. The van der Waals surface area contributed by atoms with Crippen molar-refractivity contribution in [3.63, 3.8) is 0 Å². The molecule has 0 unspecified atom stereocenters. The zero-order chi connectivity index (χ0) is 17.1. The predicted molar refractivity (Wildman–Crippen MR) is 96.2 cm³/mol. The number of benzene rings is 3. The Morgan fingerprint density at radius 3 is 1.17 bits per heavy atom. The minimum absolute atomic E-state index is 0.430. The van der Waals surface area contributed by atoms with Gasteiger partial charge in [0.05, 0.1) is 11.1 Å². The molecular formula is C22H16N2. The Kier molecular flexibility index (Phi) is 4.15. The Labute approximate surface area is 142 Å². The molecule has 0 saturated heterocycles. The number of nitriles is 2. The summed E-state index contributed by atoms with van der Waals surface area (Å²) < 4.78 is 0. The van der Waals surface area contributed by atoms with Gasteiger partial charge in [0.1, 0.15) is 12.1 Å². The molecule has 24 heavy (non-hydrogen) atoms. The summed E-state index contributed by atoms with van der Waals surface area (Å²) in [6.45, 7) is 4.05. The summed E-state index contributed by atoms with van der Waals surface area (Å²) in [6.07, 6.45) is 0. The van der Waals surface area contributed by atoms with Gasteiger partial charge in [-0.25, -0.2) is 0 Å². The van der Waals surface area contributed by atoms with E-state index in [4.69, 9.17) is 0 Å². The summed E-state index contributed by atoms with van der Waals surface area (Å²) in [7, 11) is 0. The molecule has 0 radical (unpaired) electrons. The molecule has 3 rings (SSSR count). The maximum atomic E-state index is 9.66. The average molecular weight is 308 g/mol. The zero-order valence-electron chi connectivity index (χ0n) is 13.7. The van der Waals surface area contributed by atoms with Gasteiger partial charge in [0.2, 0.25) is 0 Å². The van der Waals surface area contributed by atoms with E-state index in [9.17, 15) is 10.5 Å². The molecule has 0 bridgehead atoms. The van der Waals surface area contributed by atoms with E-state index < -0.39 is 0 Å². The summed E-state index contributed by atoms with van der Waals surface area (Å²) in [5.41, 5.74) is 6.67. The van der Waals surface area contributed by atoms with Crippen LogP contribution in [0.5, 0.6) is 0 Å². The van der Waals surface area contributed by atoms with Crippen molar-refractivity contribution < 1.29 is 0 Å². The molecule has 0 aliphatic rings. The molecule has 0 atom stereocenters. The van der Waals surface area contributed by atoms with Crippen LogP contribution in [0.3, 0.4) is 0 Å². The lowest BCUT2D eigenvalue weighted by molar-refractivity contribution is 1.41. The second kappa shape index (κ2) is 6.41. The standard InChI is InChI=1S/C22H16N2/c1-15-3-7-17(8-4-15)19-11-12-20(22(14-24)21(19)13-23)18-9-5-16(2)6-10-18/h3-12H,1-2H3. The maximum Gasteiger partial charge on any atom is 0.101 e. The van der Waals surface area contributed by atoms with Gasteiger partial charge in [0.15, 0.2) is 0 Å². The second-order valence-electron chi connectivity index (χ2n) is 5.87. The van der Waals surface area contributed by atoms with Crippen LogP contribution in [0.4, 0.5) is 0 Å². The van der Waals surface area contributed by atoms with Crippen LogP contribution in [0.1, 0.15) is 22.3 Å². The molecule has 0 spiro atoms. The highest BCUT2D eigenvalue weighted by Crippen LogP contribution is 2.33. The highest BCUT2D eigenvalue weighted by atomic mass is 14.3. The molecular weight excluding hydrogens is 292 g/mol. The lowest BCUT2D eigenvalue weighted by atomic mass is 9.90. The average Bonchev–Trinajstić information content (AvgIpc) is 2.62. The molecule has 3 aromatic carbocycles. The lowest BCUT2D eigenvalue weighted by Crippen LogP contribution is -1.94. The smallest absolute Gasteiger partial charge is 0.101 e. The summed E-state index contributed by atoms with van der Waals surface area (Å²) in [4.78, 5) is 0. The Morgan fingerprint density at radius 1 is 0.542 bits per heavy atom. The predicted octanol–water partition coefficient (Wildman–Crippen LogP) is 5.38. The van der Waals surface area contributed by atoms with Gasteiger partial charge in [-0.15, -0.1) is 0 Å². The van der Waals surface area contributed by atoms with E-state index in [1.807, 2.05) is 74.5 Å². The summed E-state index contributed by atoms with van der Waals surface area (Å²) in [5.74, 6) is 0. The topological polar surface area (TPSA) is 47.6 Å².